The third-order valence-corrected chi connectivity index (χ3v) is 4.06. The summed E-state index contributed by atoms with van der Waals surface area (Å²) in [5.41, 5.74) is 4.89. The van der Waals surface area contributed by atoms with E-state index in [1.807, 2.05) is 24.3 Å². The van der Waals surface area contributed by atoms with Crippen LogP contribution >= 0.6 is 0 Å². The molecular weight excluding hydrogens is 330 g/mol. The molecule has 0 saturated heterocycles. The minimum atomic E-state index is -0.269. The largest absolute Gasteiger partial charge is 0.493 e. The molecule has 1 N–H and O–H groups in total. The van der Waals surface area contributed by atoms with Gasteiger partial charge in [-0.25, -0.2) is 5.43 Å². The van der Waals surface area contributed by atoms with Crippen molar-refractivity contribution in [2.24, 2.45) is 5.10 Å². The zero-order chi connectivity index (χ0) is 18.9. The van der Waals surface area contributed by atoms with Crippen molar-refractivity contribution in [3.63, 3.8) is 0 Å². The van der Waals surface area contributed by atoms with E-state index in [1.54, 1.807) is 32.4 Å². The molecule has 0 radical (unpaired) electrons. The lowest BCUT2D eigenvalue weighted by molar-refractivity contribution is 0.0955. The maximum Gasteiger partial charge on any atom is 0.271 e. The van der Waals surface area contributed by atoms with Gasteiger partial charge in [0.25, 0.3) is 5.91 Å². The second kappa shape index (κ2) is 9.46. The topological polar surface area (TPSA) is 63.2 Å². The predicted molar refractivity (Wildman–Crippen MR) is 105 cm³/mol. The molecule has 0 aliphatic rings. The van der Waals surface area contributed by atoms with Gasteiger partial charge in [-0.2, -0.15) is 5.10 Å². The van der Waals surface area contributed by atoms with Crippen LogP contribution in [0.5, 0.6) is 11.5 Å². The minimum Gasteiger partial charge on any atom is -0.493 e. The molecule has 0 aromatic heterocycles. The van der Waals surface area contributed by atoms with Gasteiger partial charge in [-0.15, -0.1) is 0 Å². The van der Waals surface area contributed by atoms with E-state index in [-0.39, 0.29) is 5.91 Å². The number of hydrogen-bond donors (Lipinski definition) is 1. The standard InChI is InChI=1S/C20H25N3O3/c1-5-23(6-2)17-12-10-15(11-13-17)20(24)22-21-14-16-8-7-9-18(25-3)19(16)26-4/h7-14H,5-6H2,1-4H3,(H,22,24)/b21-14+. The van der Waals surface area contributed by atoms with Gasteiger partial charge in [-0.3, -0.25) is 4.79 Å². The van der Waals surface area contributed by atoms with Gasteiger partial charge >= 0.3 is 0 Å². The fourth-order valence-electron chi connectivity index (χ4n) is 2.65. The first-order valence-corrected chi connectivity index (χ1v) is 8.54. The van der Waals surface area contributed by atoms with Crippen molar-refractivity contribution >= 4 is 17.8 Å². The fraction of sp³-hybridized carbons (Fsp3) is 0.300. The van der Waals surface area contributed by atoms with Crippen molar-refractivity contribution in [3.05, 3.63) is 53.6 Å². The summed E-state index contributed by atoms with van der Waals surface area (Å²) in [6, 6.07) is 12.9. The van der Waals surface area contributed by atoms with Gasteiger partial charge in [0.2, 0.25) is 0 Å². The molecular formula is C20H25N3O3. The summed E-state index contributed by atoms with van der Waals surface area (Å²) in [5.74, 6) is 0.903. The highest BCUT2D eigenvalue weighted by Crippen LogP contribution is 2.29. The van der Waals surface area contributed by atoms with Crippen LogP contribution in [0.3, 0.4) is 0 Å². The Bertz CT molecular complexity index is 753. The number of nitrogens with one attached hydrogen (secondary N) is 1. The molecule has 2 aromatic rings. The van der Waals surface area contributed by atoms with Crippen LogP contribution in [-0.4, -0.2) is 39.4 Å². The summed E-state index contributed by atoms with van der Waals surface area (Å²) in [5, 5.41) is 4.02. The van der Waals surface area contributed by atoms with Gasteiger partial charge in [-0.1, -0.05) is 6.07 Å². The third-order valence-electron chi connectivity index (χ3n) is 4.06. The van der Waals surface area contributed by atoms with Gasteiger partial charge in [0.05, 0.1) is 20.4 Å². The van der Waals surface area contributed by atoms with Crippen molar-refractivity contribution in [1.29, 1.82) is 0 Å². The third kappa shape index (κ3) is 4.53. The summed E-state index contributed by atoms with van der Waals surface area (Å²) in [6.45, 7) is 6.06. The lowest BCUT2D eigenvalue weighted by Crippen LogP contribution is -2.22. The number of para-hydroxylation sites is 1. The lowest BCUT2D eigenvalue weighted by atomic mass is 10.2. The molecule has 2 rings (SSSR count). The number of hydrazone groups is 1. The van der Waals surface area contributed by atoms with Crippen LogP contribution in [0.25, 0.3) is 0 Å². The Hall–Kier alpha value is -3.02. The number of benzene rings is 2. The number of ether oxygens (including phenoxy) is 2. The summed E-state index contributed by atoms with van der Waals surface area (Å²) in [7, 11) is 3.13. The van der Waals surface area contributed by atoms with Gasteiger partial charge < -0.3 is 14.4 Å². The van der Waals surface area contributed by atoms with Crippen LogP contribution < -0.4 is 19.8 Å². The van der Waals surface area contributed by atoms with Crippen LogP contribution in [0.2, 0.25) is 0 Å². The normalized spacial score (nSPS) is 10.6. The zero-order valence-electron chi connectivity index (χ0n) is 15.7. The van der Waals surface area contributed by atoms with E-state index in [4.69, 9.17) is 9.47 Å². The first kappa shape index (κ1) is 19.3. The summed E-state index contributed by atoms with van der Waals surface area (Å²) in [6.07, 6.45) is 1.53. The number of carbonyl (C=O) groups excluding carboxylic acids is 1. The minimum absolute atomic E-state index is 0.269. The molecule has 0 saturated carbocycles. The maximum atomic E-state index is 12.2. The van der Waals surface area contributed by atoms with E-state index in [9.17, 15) is 4.79 Å². The molecule has 6 nitrogen and oxygen atoms in total. The number of amides is 1. The SMILES string of the molecule is CCN(CC)c1ccc(C(=O)N/N=C/c2cccc(OC)c2OC)cc1. The molecule has 0 spiro atoms. The van der Waals surface area contributed by atoms with Gasteiger partial charge in [0.1, 0.15) is 0 Å². The molecule has 1 amide bonds. The van der Waals surface area contributed by atoms with Crippen LogP contribution in [0.15, 0.2) is 47.6 Å². The average Bonchev–Trinajstić information content (AvgIpc) is 2.69. The summed E-state index contributed by atoms with van der Waals surface area (Å²) >= 11 is 0. The summed E-state index contributed by atoms with van der Waals surface area (Å²) < 4.78 is 10.6. The molecule has 0 heterocycles. The zero-order valence-corrected chi connectivity index (χ0v) is 15.7. The highest BCUT2D eigenvalue weighted by molar-refractivity contribution is 5.95. The average molecular weight is 355 g/mol. The van der Waals surface area contributed by atoms with Gasteiger partial charge in [-0.05, 0) is 50.2 Å². The Labute approximate surface area is 154 Å². The Morgan fingerprint density at radius 3 is 2.35 bits per heavy atom. The van der Waals surface area contributed by atoms with Crippen LogP contribution in [0.1, 0.15) is 29.8 Å². The van der Waals surface area contributed by atoms with Gasteiger partial charge in [0.15, 0.2) is 11.5 Å². The van der Waals surface area contributed by atoms with Crippen LogP contribution in [0, 0.1) is 0 Å². The number of nitrogens with zero attached hydrogens (tertiary/aromatic N) is 2. The lowest BCUT2D eigenvalue weighted by Gasteiger charge is -2.20. The molecule has 26 heavy (non-hydrogen) atoms. The van der Waals surface area contributed by atoms with E-state index in [1.165, 1.54) is 6.21 Å². The second-order valence-corrected chi connectivity index (χ2v) is 5.50. The number of rotatable bonds is 8. The monoisotopic (exact) mass is 355 g/mol. The number of hydrogen-bond acceptors (Lipinski definition) is 5. The molecule has 138 valence electrons. The van der Waals surface area contributed by atoms with E-state index in [0.29, 0.717) is 22.6 Å². The second-order valence-electron chi connectivity index (χ2n) is 5.50. The van der Waals surface area contributed by atoms with Crippen LogP contribution in [-0.2, 0) is 0 Å². The van der Waals surface area contributed by atoms with E-state index in [2.05, 4.69) is 29.3 Å². The van der Waals surface area contributed by atoms with Crippen molar-refractivity contribution < 1.29 is 14.3 Å². The van der Waals surface area contributed by atoms with E-state index in [0.717, 1.165) is 18.8 Å². The van der Waals surface area contributed by atoms with Crippen molar-refractivity contribution in [1.82, 2.24) is 5.43 Å². The molecule has 0 aliphatic carbocycles. The molecule has 6 heteroatoms. The summed E-state index contributed by atoms with van der Waals surface area (Å²) in [4.78, 5) is 14.5. The van der Waals surface area contributed by atoms with Crippen molar-refractivity contribution in [3.8, 4) is 11.5 Å². The Morgan fingerprint density at radius 2 is 1.77 bits per heavy atom. The van der Waals surface area contributed by atoms with Gasteiger partial charge in [0, 0.05) is 29.9 Å². The Morgan fingerprint density at radius 1 is 1.08 bits per heavy atom. The number of carbonyl (C=O) groups is 1. The molecule has 0 unspecified atom stereocenters. The predicted octanol–water partition coefficient (Wildman–Crippen LogP) is 3.31. The van der Waals surface area contributed by atoms with Crippen molar-refractivity contribution in [2.45, 2.75) is 13.8 Å². The molecule has 0 atom stereocenters. The number of methoxy groups -OCH3 is 2. The Kier molecular flexibility index (Phi) is 7.02. The maximum absolute atomic E-state index is 12.2. The molecule has 0 fully saturated rings. The Balaban J connectivity index is 2.06. The van der Waals surface area contributed by atoms with E-state index >= 15 is 0 Å². The highest BCUT2D eigenvalue weighted by atomic mass is 16.5. The first-order chi connectivity index (χ1) is 12.6. The molecule has 2 aromatic carbocycles. The van der Waals surface area contributed by atoms with E-state index < -0.39 is 0 Å². The molecule has 0 bridgehead atoms. The number of anilines is 1. The van der Waals surface area contributed by atoms with Crippen molar-refractivity contribution in [2.75, 3.05) is 32.2 Å². The smallest absolute Gasteiger partial charge is 0.271 e. The highest BCUT2D eigenvalue weighted by Gasteiger charge is 2.09. The first-order valence-electron chi connectivity index (χ1n) is 8.54. The molecule has 0 aliphatic heterocycles. The van der Waals surface area contributed by atoms with Crippen LogP contribution in [0.4, 0.5) is 5.69 Å². The fourth-order valence-corrected chi connectivity index (χ4v) is 2.65. The quantitative estimate of drug-likeness (QED) is 0.583.